The third kappa shape index (κ3) is 2.91. The fourth-order valence-electron chi connectivity index (χ4n) is 2.39. The van der Waals surface area contributed by atoms with Gasteiger partial charge in [-0.3, -0.25) is 4.21 Å². The number of hydrogen-bond donors (Lipinski definition) is 0. The highest BCUT2D eigenvalue weighted by Crippen LogP contribution is 2.26. The van der Waals surface area contributed by atoms with Gasteiger partial charge in [-0.05, 0) is 12.8 Å². The maximum absolute atomic E-state index is 11.4. The van der Waals surface area contributed by atoms with Crippen molar-refractivity contribution in [3.05, 3.63) is 30.3 Å². The molecule has 1 aliphatic rings. The summed E-state index contributed by atoms with van der Waals surface area (Å²) in [5.41, 5.74) is 1.05. The summed E-state index contributed by atoms with van der Waals surface area (Å²) >= 11 is 1.44. The molecule has 1 saturated heterocycles. The van der Waals surface area contributed by atoms with Crippen LogP contribution in [0.15, 0.2) is 30.3 Å². The van der Waals surface area contributed by atoms with Gasteiger partial charge in [0.25, 0.3) is 0 Å². The van der Waals surface area contributed by atoms with Crippen LogP contribution in [0.4, 0.5) is 5.13 Å². The Labute approximate surface area is 125 Å². The maximum atomic E-state index is 11.4. The highest BCUT2D eigenvalue weighted by Gasteiger charge is 2.23. The third-order valence-electron chi connectivity index (χ3n) is 3.65. The smallest absolute Gasteiger partial charge is 0.205 e. The zero-order chi connectivity index (χ0) is 13.9. The molecule has 1 aromatic carbocycles. The van der Waals surface area contributed by atoms with Gasteiger partial charge >= 0.3 is 0 Å². The van der Waals surface area contributed by atoms with E-state index in [1.165, 1.54) is 11.5 Å². The first kappa shape index (κ1) is 13.7. The van der Waals surface area contributed by atoms with Crippen molar-refractivity contribution in [2.75, 3.05) is 23.5 Å². The zero-order valence-corrected chi connectivity index (χ0v) is 13.0. The predicted molar refractivity (Wildman–Crippen MR) is 84.6 cm³/mol. The van der Waals surface area contributed by atoms with Crippen LogP contribution in [0.3, 0.4) is 0 Å². The molecule has 6 heteroatoms. The minimum Gasteiger partial charge on any atom is -0.347 e. The van der Waals surface area contributed by atoms with Crippen LogP contribution < -0.4 is 4.90 Å². The van der Waals surface area contributed by atoms with E-state index in [0.29, 0.717) is 6.04 Å². The molecular weight excluding hydrogens is 290 g/mol. The molecule has 0 amide bonds. The summed E-state index contributed by atoms with van der Waals surface area (Å²) in [4.78, 5) is 6.83. The molecule has 0 atom stereocenters. The van der Waals surface area contributed by atoms with Gasteiger partial charge < -0.3 is 4.90 Å². The first-order chi connectivity index (χ1) is 9.74. The van der Waals surface area contributed by atoms with E-state index in [1.807, 2.05) is 30.3 Å². The van der Waals surface area contributed by atoms with Crippen molar-refractivity contribution in [2.45, 2.75) is 18.9 Å². The normalized spacial score (nSPS) is 22.6. The molecule has 1 aliphatic heterocycles. The molecule has 1 aromatic heterocycles. The second-order valence-corrected chi connectivity index (χ2v) is 7.38. The van der Waals surface area contributed by atoms with Gasteiger partial charge in [-0.15, -0.1) is 0 Å². The lowest BCUT2D eigenvalue weighted by molar-refractivity contribution is 0.569. The van der Waals surface area contributed by atoms with E-state index in [0.717, 1.165) is 40.9 Å². The summed E-state index contributed by atoms with van der Waals surface area (Å²) in [6.45, 7) is 0. The highest BCUT2D eigenvalue weighted by atomic mass is 32.2. The minimum absolute atomic E-state index is 0.435. The van der Waals surface area contributed by atoms with Crippen LogP contribution in [-0.2, 0) is 10.8 Å². The third-order valence-corrected chi connectivity index (χ3v) is 5.84. The largest absolute Gasteiger partial charge is 0.347 e. The number of benzene rings is 1. The van der Waals surface area contributed by atoms with Crippen LogP contribution in [-0.4, -0.2) is 38.2 Å². The summed E-state index contributed by atoms with van der Waals surface area (Å²) < 4.78 is 15.9. The molecule has 0 bridgehead atoms. The van der Waals surface area contributed by atoms with Crippen LogP contribution in [0.1, 0.15) is 12.8 Å². The summed E-state index contributed by atoms with van der Waals surface area (Å²) in [6.07, 6.45) is 1.95. The van der Waals surface area contributed by atoms with Gasteiger partial charge in [-0.2, -0.15) is 9.36 Å². The lowest BCUT2D eigenvalue weighted by Gasteiger charge is -2.30. The van der Waals surface area contributed by atoms with Crippen LogP contribution in [0.5, 0.6) is 0 Å². The molecule has 3 rings (SSSR count). The van der Waals surface area contributed by atoms with Crippen molar-refractivity contribution in [1.82, 2.24) is 9.36 Å². The average Bonchev–Trinajstić information content (AvgIpc) is 2.98. The molecule has 0 saturated carbocycles. The Kier molecular flexibility index (Phi) is 4.12. The lowest BCUT2D eigenvalue weighted by Crippen LogP contribution is -2.37. The van der Waals surface area contributed by atoms with Crippen molar-refractivity contribution < 1.29 is 4.21 Å². The summed E-state index contributed by atoms with van der Waals surface area (Å²) in [7, 11) is 1.45. The Morgan fingerprint density at radius 2 is 1.95 bits per heavy atom. The van der Waals surface area contributed by atoms with Crippen molar-refractivity contribution in [1.29, 1.82) is 0 Å². The molecule has 0 radical (unpaired) electrons. The van der Waals surface area contributed by atoms with Gasteiger partial charge in [-0.1, -0.05) is 30.3 Å². The minimum atomic E-state index is -0.618. The van der Waals surface area contributed by atoms with E-state index in [1.54, 1.807) is 0 Å². The summed E-state index contributed by atoms with van der Waals surface area (Å²) in [5, 5.41) is 0.946. The standard InChI is InChI=1S/C14H17N3OS2/c1-17(12-7-9-20(18)10-8-12)14-15-13(16-19-14)11-5-3-2-4-6-11/h2-6,12H,7-10H2,1H3. The monoisotopic (exact) mass is 307 g/mol. The van der Waals surface area contributed by atoms with E-state index < -0.39 is 10.8 Å². The molecule has 4 nitrogen and oxygen atoms in total. The molecular formula is C14H17N3OS2. The highest BCUT2D eigenvalue weighted by molar-refractivity contribution is 7.85. The first-order valence-corrected chi connectivity index (χ1v) is 8.97. The van der Waals surface area contributed by atoms with Gasteiger partial charge in [0.15, 0.2) is 5.82 Å². The molecule has 106 valence electrons. The van der Waals surface area contributed by atoms with Gasteiger partial charge in [0.05, 0.1) is 0 Å². The first-order valence-electron chi connectivity index (χ1n) is 6.71. The van der Waals surface area contributed by atoms with Crippen molar-refractivity contribution in [3.8, 4) is 11.4 Å². The Morgan fingerprint density at radius 3 is 2.65 bits per heavy atom. The molecule has 0 aliphatic carbocycles. The van der Waals surface area contributed by atoms with Gasteiger partial charge in [0.2, 0.25) is 5.13 Å². The molecule has 1 fully saturated rings. The Hall–Kier alpha value is -1.27. The molecule has 0 spiro atoms. The lowest BCUT2D eigenvalue weighted by atomic mass is 10.1. The van der Waals surface area contributed by atoms with Crippen molar-refractivity contribution >= 4 is 27.5 Å². The quantitative estimate of drug-likeness (QED) is 0.874. The molecule has 0 unspecified atom stereocenters. The number of hydrogen-bond acceptors (Lipinski definition) is 5. The topological polar surface area (TPSA) is 46.1 Å². The average molecular weight is 307 g/mol. The van der Waals surface area contributed by atoms with E-state index in [2.05, 4.69) is 21.3 Å². The van der Waals surface area contributed by atoms with E-state index >= 15 is 0 Å². The van der Waals surface area contributed by atoms with E-state index in [-0.39, 0.29) is 0 Å². The Morgan fingerprint density at radius 1 is 1.25 bits per heavy atom. The van der Waals surface area contributed by atoms with Crippen molar-refractivity contribution in [3.63, 3.8) is 0 Å². The zero-order valence-electron chi connectivity index (χ0n) is 11.4. The number of rotatable bonds is 3. The van der Waals surface area contributed by atoms with Crippen molar-refractivity contribution in [2.24, 2.45) is 0 Å². The number of aromatic nitrogens is 2. The molecule has 20 heavy (non-hydrogen) atoms. The van der Waals surface area contributed by atoms with E-state index in [9.17, 15) is 4.21 Å². The molecule has 2 heterocycles. The Bertz CT molecular complexity index is 589. The second-order valence-electron chi connectivity index (χ2n) is 4.96. The van der Waals surface area contributed by atoms with Gasteiger partial charge in [-0.25, -0.2) is 0 Å². The van der Waals surface area contributed by atoms with Crippen LogP contribution >= 0.6 is 11.5 Å². The number of anilines is 1. The Balaban J connectivity index is 1.75. The van der Waals surface area contributed by atoms with E-state index in [4.69, 9.17) is 0 Å². The number of nitrogens with zero attached hydrogens (tertiary/aromatic N) is 3. The SMILES string of the molecule is CN(c1nc(-c2ccccc2)ns1)C1CCS(=O)CC1. The fraction of sp³-hybridized carbons (Fsp3) is 0.429. The van der Waals surface area contributed by atoms with Gasteiger partial charge in [0, 0.05) is 52.5 Å². The van der Waals surface area contributed by atoms with Crippen LogP contribution in [0.25, 0.3) is 11.4 Å². The fourth-order valence-corrected chi connectivity index (χ4v) is 4.38. The summed E-state index contributed by atoms with van der Waals surface area (Å²) in [6, 6.07) is 10.5. The second kappa shape index (κ2) is 6.01. The van der Waals surface area contributed by atoms with Crippen LogP contribution in [0, 0.1) is 0 Å². The molecule has 2 aromatic rings. The maximum Gasteiger partial charge on any atom is 0.205 e. The predicted octanol–water partition coefficient (Wildman–Crippen LogP) is 2.55. The summed E-state index contributed by atoms with van der Waals surface area (Å²) in [5.74, 6) is 2.40. The van der Waals surface area contributed by atoms with Gasteiger partial charge in [0.1, 0.15) is 0 Å². The van der Waals surface area contributed by atoms with Crippen LogP contribution in [0.2, 0.25) is 0 Å². The molecule has 0 N–H and O–H groups in total.